The third-order valence-corrected chi connectivity index (χ3v) is 4.15. The maximum absolute atomic E-state index is 15.1. The van der Waals surface area contributed by atoms with Crippen LogP contribution in [0.2, 0.25) is 0 Å². The molecule has 0 amide bonds. The van der Waals surface area contributed by atoms with Crippen molar-refractivity contribution in [1.29, 1.82) is 0 Å². The smallest absolute Gasteiger partial charge is 0.336 e. The van der Waals surface area contributed by atoms with Gasteiger partial charge >= 0.3 is 6.18 Å². The van der Waals surface area contributed by atoms with Crippen molar-refractivity contribution in [3.05, 3.63) is 47.1 Å². The molecular formula is C16H17F4N3O. The topological polar surface area (TPSA) is 42.2 Å². The quantitative estimate of drug-likeness (QED) is 0.794. The molecule has 24 heavy (non-hydrogen) atoms. The van der Waals surface area contributed by atoms with E-state index < -0.39 is 17.4 Å². The fourth-order valence-electron chi connectivity index (χ4n) is 3.06. The summed E-state index contributed by atoms with van der Waals surface area (Å²) >= 11 is 0. The van der Waals surface area contributed by atoms with E-state index in [1.165, 1.54) is 12.1 Å². The number of aromatic nitrogens is 2. The molecule has 1 unspecified atom stereocenters. The van der Waals surface area contributed by atoms with Gasteiger partial charge in [0.1, 0.15) is 0 Å². The van der Waals surface area contributed by atoms with Gasteiger partial charge in [-0.05, 0) is 37.9 Å². The van der Waals surface area contributed by atoms with Crippen LogP contribution in [0, 0.1) is 6.92 Å². The number of hydrogen-bond donors (Lipinski definition) is 0. The van der Waals surface area contributed by atoms with Gasteiger partial charge in [-0.2, -0.15) is 18.2 Å². The van der Waals surface area contributed by atoms with E-state index in [9.17, 15) is 13.2 Å². The van der Waals surface area contributed by atoms with Crippen LogP contribution in [0.5, 0.6) is 0 Å². The largest absolute Gasteiger partial charge is 0.416 e. The Kier molecular flexibility index (Phi) is 4.33. The molecule has 0 aliphatic carbocycles. The minimum atomic E-state index is -4.43. The third kappa shape index (κ3) is 3.43. The molecule has 0 N–H and O–H groups in total. The molecule has 0 radical (unpaired) electrons. The highest BCUT2D eigenvalue weighted by Gasteiger charge is 2.42. The van der Waals surface area contributed by atoms with Crippen LogP contribution in [-0.4, -0.2) is 28.1 Å². The summed E-state index contributed by atoms with van der Waals surface area (Å²) in [5, 5.41) is 3.60. The first-order valence-electron chi connectivity index (χ1n) is 7.65. The maximum Gasteiger partial charge on any atom is 0.416 e. The molecule has 2 aromatic rings. The average molecular weight is 343 g/mol. The van der Waals surface area contributed by atoms with Crippen LogP contribution in [0.25, 0.3) is 0 Å². The van der Waals surface area contributed by atoms with E-state index in [0.717, 1.165) is 6.07 Å². The number of halogens is 4. The summed E-state index contributed by atoms with van der Waals surface area (Å²) in [4.78, 5) is 5.61. The molecule has 0 spiro atoms. The number of likely N-dealkylation sites (tertiary alicyclic amines) is 1. The number of hydrogen-bond acceptors (Lipinski definition) is 4. The molecular weight excluding hydrogens is 326 g/mol. The summed E-state index contributed by atoms with van der Waals surface area (Å²) in [5.74, 6) is 0.232. The molecule has 1 aliphatic rings. The Morgan fingerprint density at radius 1 is 1.29 bits per heavy atom. The van der Waals surface area contributed by atoms with Crippen molar-refractivity contribution in [3.8, 4) is 0 Å². The third-order valence-electron chi connectivity index (χ3n) is 4.15. The summed E-state index contributed by atoms with van der Waals surface area (Å²) < 4.78 is 59.4. The normalized spacial score (nSPS) is 22.7. The molecule has 0 saturated carbocycles. The van der Waals surface area contributed by atoms with E-state index in [-0.39, 0.29) is 31.0 Å². The zero-order valence-corrected chi connectivity index (χ0v) is 13.1. The van der Waals surface area contributed by atoms with E-state index in [0.29, 0.717) is 18.8 Å². The van der Waals surface area contributed by atoms with Gasteiger partial charge in [-0.25, -0.2) is 4.39 Å². The zero-order chi connectivity index (χ0) is 17.4. The Morgan fingerprint density at radius 2 is 2.04 bits per heavy atom. The summed E-state index contributed by atoms with van der Waals surface area (Å²) in [6.07, 6.45) is -3.71. The molecule has 1 aliphatic heterocycles. The molecule has 8 heteroatoms. The van der Waals surface area contributed by atoms with Crippen molar-refractivity contribution in [3.63, 3.8) is 0 Å². The van der Waals surface area contributed by atoms with Crippen LogP contribution >= 0.6 is 0 Å². The maximum atomic E-state index is 15.1. The van der Waals surface area contributed by atoms with Gasteiger partial charge in [0.25, 0.3) is 5.89 Å². The zero-order valence-electron chi connectivity index (χ0n) is 13.1. The lowest BCUT2D eigenvalue weighted by atomic mass is 9.93. The van der Waals surface area contributed by atoms with Gasteiger partial charge < -0.3 is 4.52 Å². The summed E-state index contributed by atoms with van der Waals surface area (Å²) in [5.41, 5.74) is -2.38. The Labute approximate surface area is 136 Å². The molecule has 3 rings (SSSR count). The number of nitrogens with zero attached hydrogens (tertiary/aromatic N) is 3. The lowest BCUT2D eigenvalue weighted by Gasteiger charge is -2.35. The van der Waals surface area contributed by atoms with Crippen molar-refractivity contribution in [2.24, 2.45) is 0 Å². The van der Waals surface area contributed by atoms with Gasteiger partial charge in [0.05, 0.1) is 5.56 Å². The van der Waals surface area contributed by atoms with Crippen molar-refractivity contribution in [1.82, 2.24) is 15.0 Å². The van der Waals surface area contributed by atoms with Gasteiger partial charge in [-0.3, -0.25) is 4.90 Å². The lowest BCUT2D eigenvalue weighted by molar-refractivity contribution is -0.138. The van der Waals surface area contributed by atoms with E-state index in [2.05, 4.69) is 10.1 Å². The predicted octanol–water partition coefficient (Wildman–Crippen LogP) is 3.86. The van der Waals surface area contributed by atoms with Gasteiger partial charge in [-0.1, -0.05) is 23.4 Å². The Bertz CT molecular complexity index is 715. The first kappa shape index (κ1) is 16.9. The SMILES string of the molecule is Cc1noc(C2(F)CCCN(Cc3ccccc3C(F)(F)F)C2)n1. The highest BCUT2D eigenvalue weighted by atomic mass is 19.4. The van der Waals surface area contributed by atoms with Crippen molar-refractivity contribution in [2.75, 3.05) is 13.1 Å². The highest BCUT2D eigenvalue weighted by molar-refractivity contribution is 5.29. The van der Waals surface area contributed by atoms with Crippen LogP contribution in [0.3, 0.4) is 0 Å². The molecule has 1 fully saturated rings. The monoisotopic (exact) mass is 343 g/mol. The molecule has 0 bridgehead atoms. The van der Waals surface area contributed by atoms with Crippen molar-refractivity contribution < 1.29 is 22.1 Å². The molecule has 130 valence electrons. The highest BCUT2D eigenvalue weighted by Crippen LogP contribution is 2.37. The Balaban J connectivity index is 1.80. The lowest BCUT2D eigenvalue weighted by Crippen LogP contribution is -2.43. The fourth-order valence-corrected chi connectivity index (χ4v) is 3.06. The average Bonchev–Trinajstić information content (AvgIpc) is 2.94. The van der Waals surface area contributed by atoms with Crippen LogP contribution in [0.1, 0.15) is 35.7 Å². The first-order valence-corrected chi connectivity index (χ1v) is 7.65. The summed E-state index contributed by atoms with van der Waals surface area (Å²) in [7, 11) is 0. The number of alkyl halides is 4. The van der Waals surface area contributed by atoms with Crippen molar-refractivity contribution in [2.45, 2.75) is 38.2 Å². The molecule has 1 aromatic heterocycles. The van der Waals surface area contributed by atoms with Gasteiger partial charge in [0.2, 0.25) is 5.67 Å². The predicted molar refractivity (Wildman–Crippen MR) is 77.8 cm³/mol. The second-order valence-electron chi connectivity index (χ2n) is 6.08. The fraction of sp³-hybridized carbons (Fsp3) is 0.500. The van der Waals surface area contributed by atoms with Gasteiger partial charge in [0.15, 0.2) is 5.82 Å². The van der Waals surface area contributed by atoms with Crippen LogP contribution in [0.15, 0.2) is 28.8 Å². The summed E-state index contributed by atoms with van der Waals surface area (Å²) in [6, 6.07) is 5.37. The number of aryl methyl sites for hydroxylation is 1. The molecule has 4 nitrogen and oxygen atoms in total. The van der Waals surface area contributed by atoms with Gasteiger partial charge in [0, 0.05) is 13.1 Å². The van der Waals surface area contributed by atoms with Crippen LogP contribution in [-0.2, 0) is 18.4 Å². The van der Waals surface area contributed by atoms with Crippen LogP contribution in [0.4, 0.5) is 17.6 Å². The molecule has 2 heterocycles. The van der Waals surface area contributed by atoms with Crippen molar-refractivity contribution >= 4 is 0 Å². The minimum absolute atomic E-state index is 0.0223. The first-order chi connectivity index (χ1) is 11.3. The van der Waals surface area contributed by atoms with E-state index in [1.54, 1.807) is 17.9 Å². The van der Waals surface area contributed by atoms with E-state index in [4.69, 9.17) is 4.52 Å². The van der Waals surface area contributed by atoms with Gasteiger partial charge in [-0.15, -0.1) is 0 Å². The second kappa shape index (κ2) is 6.16. The Hall–Kier alpha value is -1.96. The van der Waals surface area contributed by atoms with E-state index >= 15 is 4.39 Å². The van der Waals surface area contributed by atoms with Crippen LogP contribution < -0.4 is 0 Å². The molecule has 1 aromatic carbocycles. The minimum Gasteiger partial charge on any atom is -0.336 e. The van der Waals surface area contributed by atoms with E-state index in [1.807, 2.05) is 0 Å². The number of piperidine rings is 1. The number of rotatable bonds is 3. The molecule has 1 saturated heterocycles. The Morgan fingerprint density at radius 3 is 2.71 bits per heavy atom. The number of benzene rings is 1. The standard InChI is InChI=1S/C16H17F4N3O/c1-11-21-14(24-22-11)15(17)7-4-8-23(10-15)9-12-5-2-3-6-13(12)16(18,19)20/h2-3,5-6H,4,7-10H2,1H3. The second-order valence-corrected chi connectivity index (χ2v) is 6.08. The molecule has 1 atom stereocenters. The summed E-state index contributed by atoms with van der Waals surface area (Å²) in [6.45, 7) is 2.07.